The van der Waals surface area contributed by atoms with Crippen molar-refractivity contribution in [3.63, 3.8) is 0 Å². The van der Waals surface area contributed by atoms with Crippen LogP contribution in [0.25, 0.3) is 0 Å². The van der Waals surface area contributed by atoms with Crippen LogP contribution >= 0.6 is 15.9 Å². The molecule has 100 valence electrons. The molecule has 1 aliphatic rings. The summed E-state index contributed by atoms with van der Waals surface area (Å²) >= 11 is 3.25. The highest BCUT2D eigenvalue weighted by molar-refractivity contribution is 9.10. The molecule has 6 heteroatoms. The van der Waals surface area contributed by atoms with E-state index in [4.69, 9.17) is 5.73 Å². The van der Waals surface area contributed by atoms with Crippen molar-refractivity contribution < 1.29 is 8.42 Å². The molecule has 1 saturated carbocycles. The van der Waals surface area contributed by atoms with Gasteiger partial charge in [0.15, 0.2) is 0 Å². The first-order valence-corrected chi connectivity index (χ1v) is 8.34. The number of hydrogen-bond donors (Lipinski definition) is 2. The summed E-state index contributed by atoms with van der Waals surface area (Å²) in [4.78, 5) is 0.230. The number of rotatable bonds is 3. The summed E-state index contributed by atoms with van der Waals surface area (Å²) < 4.78 is 27.8. The van der Waals surface area contributed by atoms with Gasteiger partial charge in [-0.2, -0.15) is 0 Å². The lowest BCUT2D eigenvalue weighted by atomic mass is 9.96. The van der Waals surface area contributed by atoms with Crippen LogP contribution in [-0.4, -0.2) is 14.5 Å². The van der Waals surface area contributed by atoms with E-state index >= 15 is 0 Å². The molecular formula is C12H17BrN2O2S. The third-order valence-corrected chi connectivity index (χ3v) is 5.45. The lowest BCUT2D eigenvalue weighted by molar-refractivity contribution is 0.412. The van der Waals surface area contributed by atoms with Crippen molar-refractivity contribution in [3.05, 3.63) is 22.7 Å². The standard InChI is InChI=1S/C12H17BrN2O2S/c13-11-7-6-10(8-12(11)14)18(16,17)15-9-4-2-1-3-5-9/h6-9,15H,1-5,14H2. The molecule has 2 rings (SSSR count). The van der Waals surface area contributed by atoms with Crippen LogP contribution in [0.2, 0.25) is 0 Å². The number of benzene rings is 1. The predicted molar refractivity (Wildman–Crippen MR) is 75.7 cm³/mol. The average Bonchev–Trinajstić information content (AvgIpc) is 2.33. The van der Waals surface area contributed by atoms with Crippen LogP contribution in [0, 0.1) is 0 Å². The van der Waals surface area contributed by atoms with Crippen LogP contribution in [0.4, 0.5) is 5.69 Å². The molecule has 0 unspecified atom stereocenters. The van der Waals surface area contributed by atoms with Crippen LogP contribution in [0.15, 0.2) is 27.6 Å². The zero-order valence-corrected chi connectivity index (χ0v) is 12.4. The minimum absolute atomic E-state index is 0.0635. The van der Waals surface area contributed by atoms with E-state index in [0.29, 0.717) is 10.2 Å². The lowest BCUT2D eigenvalue weighted by Crippen LogP contribution is -2.36. The van der Waals surface area contributed by atoms with Crippen LogP contribution in [0.1, 0.15) is 32.1 Å². The first-order chi connectivity index (χ1) is 8.49. The summed E-state index contributed by atoms with van der Waals surface area (Å²) in [5.41, 5.74) is 6.14. The maximum absolute atomic E-state index is 12.2. The van der Waals surface area contributed by atoms with Gasteiger partial charge in [0.25, 0.3) is 0 Å². The second kappa shape index (κ2) is 5.59. The summed E-state index contributed by atoms with van der Waals surface area (Å²) in [6, 6.07) is 4.76. The van der Waals surface area contributed by atoms with Crippen LogP contribution in [-0.2, 0) is 10.0 Å². The predicted octanol–water partition coefficient (Wildman–Crippen LogP) is 2.64. The molecule has 0 heterocycles. The number of sulfonamides is 1. The van der Waals surface area contributed by atoms with Crippen molar-refractivity contribution in [2.45, 2.75) is 43.0 Å². The molecule has 0 amide bonds. The quantitative estimate of drug-likeness (QED) is 0.836. The van der Waals surface area contributed by atoms with E-state index < -0.39 is 10.0 Å². The lowest BCUT2D eigenvalue weighted by Gasteiger charge is -2.22. The molecule has 0 bridgehead atoms. The molecule has 0 atom stereocenters. The number of nitrogens with two attached hydrogens (primary N) is 1. The van der Waals surface area contributed by atoms with Gasteiger partial charge in [-0.05, 0) is 47.0 Å². The second-order valence-electron chi connectivity index (χ2n) is 4.64. The Kier molecular flexibility index (Phi) is 4.29. The topological polar surface area (TPSA) is 72.2 Å². The number of anilines is 1. The Hall–Kier alpha value is -0.590. The Morgan fingerprint density at radius 1 is 1.22 bits per heavy atom. The van der Waals surface area contributed by atoms with Gasteiger partial charge in [-0.1, -0.05) is 19.3 Å². The monoisotopic (exact) mass is 332 g/mol. The summed E-state index contributed by atoms with van der Waals surface area (Å²) in [7, 11) is -3.45. The van der Waals surface area contributed by atoms with Crippen LogP contribution in [0.5, 0.6) is 0 Å². The van der Waals surface area contributed by atoms with Crippen molar-refractivity contribution in [1.29, 1.82) is 0 Å². The van der Waals surface area contributed by atoms with Gasteiger partial charge < -0.3 is 5.73 Å². The van der Waals surface area contributed by atoms with Gasteiger partial charge in [-0.15, -0.1) is 0 Å². The largest absolute Gasteiger partial charge is 0.398 e. The summed E-state index contributed by atoms with van der Waals surface area (Å²) in [6.07, 6.45) is 5.23. The number of halogens is 1. The van der Waals surface area contributed by atoms with E-state index in [-0.39, 0.29) is 10.9 Å². The fourth-order valence-electron chi connectivity index (χ4n) is 2.20. The van der Waals surface area contributed by atoms with E-state index in [0.717, 1.165) is 25.7 Å². The van der Waals surface area contributed by atoms with Gasteiger partial charge >= 0.3 is 0 Å². The highest BCUT2D eigenvalue weighted by atomic mass is 79.9. The van der Waals surface area contributed by atoms with Crippen molar-refractivity contribution in [2.75, 3.05) is 5.73 Å². The Morgan fingerprint density at radius 3 is 2.50 bits per heavy atom. The number of hydrogen-bond acceptors (Lipinski definition) is 3. The van der Waals surface area contributed by atoms with E-state index in [9.17, 15) is 8.42 Å². The molecule has 1 aromatic rings. The van der Waals surface area contributed by atoms with Crippen molar-refractivity contribution in [1.82, 2.24) is 4.72 Å². The fraction of sp³-hybridized carbons (Fsp3) is 0.500. The SMILES string of the molecule is Nc1cc(S(=O)(=O)NC2CCCCC2)ccc1Br. The molecule has 1 aliphatic carbocycles. The van der Waals surface area contributed by atoms with E-state index in [2.05, 4.69) is 20.7 Å². The molecular weight excluding hydrogens is 316 g/mol. The van der Waals surface area contributed by atoms with E-state index in [1.807, 2.05) is 0 Å². The summed E-state index contributed by atoms with van der Waals surface area (Å²) in [6.45, 7) is 0. The smallest absolute Gasteiger partial charge is 0.240 e. The Morgan fingerprint density at radius 2 is 1.89 bits per heavy atom. The number of nitrogen functional groups attached to an aromatic ring is 1. The van der Waals surface area contributed by atoms with Gasteiger partial charge in [0.1, 0.15) is 0 Å². The summed E-state index contributed by atoms with van der Waals surface area (Å²) in [5, 5.41) is 0. The van der Waals surface area contributed by atoms with Crippen molar-refractivity contribution in [3.8, 4) is 0 Å². The normalized spacial score (nSPS) is 17.8. The van der Waals surface area contributed by atoms with Gasteiger partial charge in [0.05, 0.1) is 4.90 Å². The van der Waals surface area contributed by atoms with Crippen molar-refractivity contribution in [2.24, 2.45) is 0 Å². The number of nitrogens with one attached hydrogen (secondary N) is 1. The van der Waals surface area contributed by atoms with Crippen LogP contribution < -0.4 is 10.5 Å². The average molecular weight is 333 g/mol. The van der Waals surface area contributed by atoms with Gasteiger partial charge in [0, 0.05) is 16.2 Å². The van der Waals surface area contributed by atoms with Crippen molar-refractivity contribution >= 4 is 31.6 Å². The molecule has 0 radical (unpaired) electrons. The Labute approximate surface area is 116 Å². The molecule has 3 N–H and O–H groups in total. The fourth-order valence-corrected chi connectivity index (χ4v) is 3.78. The highest BCUT2D eigenvalue weighted by Crippen LogP contribution is 2.24. The zero-order valence-electron chi connectivity index (χ0n) is 10.0. The second-order valence-corrected chi connectivity index (χ2v) is 7.21. The minimum atomic E-state index is -3.45. The highest BCUT2D eigenvalue weighted by Gasteiger charge is 2.22. The zero-order chi connectivity index (χ0) is 13.2. The van der Waals surface area contributed by atoms with E-state index in [1.54, 1.807) is 12.1 Å². The molecule has 1 fully saturated rings. The first kappa shape index (κ1) is 13.8. The third kappa shape index (κ3) is 3.24. The molecule has 0 aliphatic heterocycles. The third-order valence-electron chi connectivity index (χ3n) is 3.20. The van der Waals surface area contributed by atoms with Gasteiger partial charge in [-0.25, -0.2) is 13.1 Å². The molecule has 0 saturated heterocycles. The maximum atomic E-state index is 12.2. The van der Waals surface area contributed by atoms with Crippen LogP contribution in [0.3, 0.4) is 0 Å². The first-order valence-electron chi connectivity index (χ1n) is 6.06. The minimum Gasteiger partial charge on any atom is -0.398 e. The summed E-state index contributed by atoms with van der Waals surface area (Å²) in [5.74, 6) is 0. The van der Waals surface area contributed by atoms with Gasteiger partial charge in [-0.3, -0.25) is 0 Å². The Balaban J connectivity index is 2.16. The van der Waals surface area contributed by atoms with Gasteiger partial charge in [0.2, 0.25) is 10.0 Å². The maximum Gasteiger partial charge on any atom is 0.240 e. The molecule has 4 nitrogen and oxygen atoms in total. The molecule has 0 aromatic heterocycles. The molecule has 0 spiro atoms. The Bertz CT molecular complexity index is 525. The molecule has 1 aromatic carbocycles. The van der Waals surface area contributed by atoms with E-state index in [1.165, 1.54) is 12.5 Å². The molecule has 18 heavy (non-hydrogen) atoms.